The van der Waals surface area contributed by atoms with E-state index in [2.05, 4.69) is 25.9 Å². The molecule has 2 nitrogen and oxygen atoms in total. The zero-order valence-corrected chi connectivity index (χ0v) is 8.40. The van der Waals surface area contributed by atoms with E-state index in [-0.39, 0.29) is 5.41 Å². The largest absolute Gasteiger partial charge is 0.322 e. The average molecular weight is 172 g/mol. The van der Waals surface area contributed by atoms with Gasteiger partial charge in [-0.3, -0.25) is 0 Å². The highest BCUT2D eigenvalue weighted by Gasteiger charge is 2.18. The number of allylic oxidation sites excluding steroid dienone is 1. The summed E-state index contributed by atoms with van der Waals surface area (Å²) < 4.78 is 0. The van der Waals surface area contributed by atoms with Gasteiger partial charge in [-0.05, 0) is 12.3 Å². The first-order chi connectivity index (χ1) is 5.02. The van der Waals surface area contributed by atoms with Crippen molar-refractivity contribution in [3.8, 4) is 0 Å². The Kier molecular flexibility index (Phi) is 4.26. The van der Waals surface area contributed by atoms with Gasteiger partial charge in [0.25, 0.3) is 0 Å². The quantitative estimate of drug-likeness (QED) is 0.286. The molecule has 64 valence electrons. The Balaban J connectivity index is 4.21. The Bertz CT molecular complexity index is 165. The molecule has 0 saturated carbocycles. The Morgan fingerprint density at radius 2 is 2.00 bits per heavy atom. The number of rotatable bonds is 1. The third kappa shape index (κ3) is 4.09. The highest BCUT2D eigenvalue weighted by atomic mass is 32.2. The topological polar surface area (TPSA) is 38.4 Å². The monoisotopic (exact) mass is 172 g/mol. The molecule has 0 aliphatic carbocycles. The van der Waals surface area contributed by atoms with Crippen LogP contribution in [0.15, 0.2) is 16.6 Å². The van der Waals surface area contributed by atoms with Gasteiger partial charge < -0.3 is 5.84 Å². The maximum absolute atomic E-state index is 5.23. The van der Waals surface area contributed by atoms with Crippen LogP contribution in [0.25, 0.3) is 0 Å². The van der Waals surface area contributed by atoms with Crippen molar-refractivity contribution in [1.29, 1.82) is 0 Å². The molecule has 0 unspecified atom stereocenters. The second-order valence-electron chi connectivity index (χ2n) is 3.27. The van der Waals surface area contributed by atoms with Crippen LogP contribution in [0.3, 0.4) is 0 Å². The van der Waals surface area contributed by atoms with E-state index in [1.165, 1.54) is 0 Å². The van der Waals surface area contributed by atoms with Gasteiger partial charge in [-0.1, -0.05) is 38.6 Å². The van der Waals surface area contributed by atoms with Gasteiger partial charge in [-0.25, -0.2) is 0 Å². The normalized spacial score (nSPS) is 14.4. The van der Waals surface area contributed by atoms with Gasteiger partial charge in [0.2, 0.25) is 0 Å². The standard InChI is InChI=1S/C8H16N2S/c1-5-6-11-7(10-9)8(2,3)4/h5-6H,9H2,1-4H3/b6-5-,10-7-. The molecule has 0 heterocycles. The van der Waals surface area contributed by atoms with Crippen LogP contribution < -0.4 is 5.84 Å². The summed E-state index contributed by atoms with van der Waals surface area (Å²) in [4.78, 5) is 0. The number of nitrogens with two attached hydrogens (primary N) is 1. The smallest absolute Gasteiger partial charge is 0.102 e. The molecule has 0 radical (unpaired) electrons. The predicted octanol–water partition coefficient (Wildman–Crippen LogP) is 2.57. The molecule has 0 aromatic heterocycles. The summed E-state index contributed by atoms with van der Waals surface area (Å²) in [5, 5.41) is 6.66. The number of hydrazone groups is 1. The van der Waals surface area contributed by atoms with Gasteiger partial charge in [-0.2, -0.15) is 5.10 Å². The number of thioether (sulfide) groups is 1. The lowest BCUT2D eigenvalue weighted by molar-refractivity contribution is 0.600. The molecule has 0 saturated heterocycles. The van der Waals surface area contributed by atoms with E-state index in [1.807, 2.05) is 18.4 Å². The van der Waals surface area contributed by atoms with Gasteiger partial charge in [0.15, 0.2) is 0 Å². The number of hydrogen-bond acceptors (Lipinski definition) is 3. The van der Waals surface area contributed by atoms with E-state index in [0.717, 1.165) is 5.04 Å². The van der Waals surface area contributed by atoms with Crippen LogP contribution in [-0.4, -0.2) is 5.04 Å². The van der Waals surface area contributed by atoms with Crippen LogP contribution in [-0.2, 0) is 0 Å². The van der Waals surface area contributed by atoms with E-state index in [1.54, 1.807) is 11.8 Å². The zero-order chi connectivity index (χ0) is 8.91. The van der Waals surface area contributed by atoms with Crippen LogP contribution in [0.2, 0.25) is 0 Å². The molecular weight excluding hydrogens is 156 g/mol. The van der Waals surface area contributed by atoms with E-state index >= 15 is 0 Å². The summed E-state index contributed by atoms with van der Waals surface area (Å²) in [6.07, 6.45) is 1.97. The second kappa shape index (κ2) is 4.44. The van der Waals surface area contributed by atoms with E-state index < -0.39 is 0 Å². The third-order valence-electron chi connectivity index (χ3n) is 1.07. The lowest BCUT2D eigenvalue weighted by Gasteiger charge is -2.17. The zero-order valence-electron chi connectivity index (χ0n) is 7.59. The minimum Gasteiger partial charge on any atom is -0.322 e. The molecule has 2 N–H and O–H groups in total. The molecule has 0 aliphatic rings. The van der Waals surface area contributed by atoms with Crippen molar-refractivity contribution in [3.05, 3.63) is 11.5 Å². The summed E-state index contributed by atoms with van der Waals surface area (Å²) in [5.74, 6) is 5.23. The Hall–Kier alpha value is -0.440. The Morgan fingerprint density at radius 3 is 2.27 bits per heavy atom. The summed E-state index contributed by atoms with van der Waals surface area (Å²) in [6.45, 7) is 8.25. The molecular formula is C8H16N2S. The van der Waals surface area contributed by atoms with Crippen LogP contribution in [0.1, 0.15) is 27.7 Å². The Morgan fingerprint density at radius 1 is 1.45 bits per heavy atom. The van der Waals surface area contributed by atoms with Gasteiger partial charge >= 0.3 is 0 Å². The SMILES string of the molecule is C/C=C\S/C(=N\N)C(C)(C)C. The lowest BCUT2D eigenvalue weighted by Crippen LogP contribution is -2.17. The Labute approximate surface area is 72.9 Å². The molecule has 0 fully saturated rings. The van der Waals surface area contributed by atoms with E-state index in [4.69, 9.17) is 5.84 Å². The molecule has 0 aliphatic heterocycles. The van der Waals surface area contributed by atoms with E-state index in [9.17, 15) is 0 Å². The van der Waals surface area contributed by atoms with Crippen molar-refractivity contribution in [1.82, 2.24) is 0 Å². The van der Waals surface area contributed by atoms with Crippen LogP contribution in [0.5, 0.6) is 0 Å². The van der Waals surface area contributed by atoms with Crippen LogP contribution in [0.4, 0.5) is 0 Å². The highest BCUT2D eigenvalue weighted by molar-refractivity contribution is 8.16. The van der Waals surface area contributed by atoms with E-state index in [0.29, 0.717) is 0 Å². The van der Waals surface area contributed by atoms with Gasteiger partial charge in [0.1, 0.15) is 5.04 Å². The van der Waals surface area contributed by atoms with Crippen molar-refractivity contribution < 1.29 is 0 Å². The van der Waals surface area contributed by atoms with Crippen molar-refractivity contribution >= 4 is 16.8 Å². The minimum atomic E-state index is 0.0545. The number of nitrogens with zero attached hydrogens (tertiary/aromatic N) is 1. The fourth-order valence-corrected chi connectivity index (χ4v) is 1.21. The van der Waals surface area contributed by atoms with Crippen LogP contribution in [0, 0.1) is 5.41 Å². The van der Waals surface area contributed by atoms with Gasteiger partial charge in [0.05, 0.1) is 0 Å². The van der Waals surface area contributed by atoms with Crippen molar-refractivity contribution in [3.63, 3.8) is 0 Å². The van der Waals surface area contributed by atoms with Gasteiger partial charge in [-0.15, -0.1) is 0 Å². The van der Waals surface area contributed by atoms with Gasteiger partial charge in [0, 0.05) is 5.41 Å². The maximum Gasteiger partial charge on any atom is 0.102 e. The predicted molar refractivity (Wildman–Crippen MR) is 53.5 cm³/mol. The molecule has 0 aromatic carbocycles. The number of hydrogen-bond donors (Lipinski definition) is 1. The molecule has 0 rings (SSSR count). The molecule has 0 amide bonds. The summed E-state index contributed by atoms with van der Waals surface area (Å²) >= 11 is 1.57. The van der Waals surface area contributed by atoms with Crippen molar-refractivity contribution in [2.75, 3.05) is 0 Å². The second-order valence-corrected chi connectivity index (χ2v) is 4.17. The fraction of sp³-hybridized carbons (Fsp3) is 0.625. The first-order valence-electron chi connectivity index (χ1n) is 3.58. The third-order valence-corrected chi connectivity index (χ3v) is 2.42. The average Bonchev–Trinajstić information content (AvgIpc) is 1.87. The summed E-state index contributed by atoms with van der Waals surface area (Å²) in [6, 6.07) is 0. The lowest BCUT2D eigenvalue weighted by atomic mass is 9.99. The molecule has 0 bridgehead atoms. The molecule has 0 aromatic rings. The summed E-state index contributed by atoms with van der Waals surface area (Å²) in [7, 11) is 0. The van der Waals surface area contributed by atoms with Crippen molar-refractivity contribution in [2.45, 2.75) is 27.7 Å². The summed E-state index contributed by atoms with van der Waals surface area (Å²) in [5.41, 5.74) is 0.0545. The molecule has 0 spiro atoms. The maximum atomic E-state index is 5.23. The molecule has 0 atom stereocenters. The first kappa shape index (κ1) is 10.6. The fourth-order valence-electron chi connectivity index (χ4n) is 0.533. The van der Waals surface area contributed by atoms with Crippen LogP contribution >= 0.6 is 11.8 Å². The van der Waals surface area contributed by atoms with Crippen molar-refractivity contribution in [2.24, 2.45) is 16.4 Å². The molecule has 3 heteroatoms. The molecule has 11 heavy (non-hydrogen) atoms. The first-order valence-corrected chi connectivity index (χ1v) is 4.46. The highest BCUT2D eigenvalue weighted by Crippen LogP contribution is 2.24. The minimum absolute atomic E-state index is 0.0545.